The van der Waals surface area contributed by atoms with Crippen molar-refractivity contribution in [2.45, 2.75) is 45.2 Å². The van der Waals surface area contributed by atoms with Gasteiger partial charge in [0.1, 0.15) is 6.10 Å². The van der Waals surface area contributed by atoms with E-state index in [1.165, 1.54) is 0 Å². The van der Waals surface area contributed by atoms with Crippen molar-refractivity contribution in [3.63, 3.8) is 0 Å². The number of hydrogen-bond donors (Lipinski definition) is 0. The molecule has 0 bridgehead atoms. The molecule has 9 heteroatoms. The van der Waals surface area contributed by atoms with Crippen LogP contribution in [0, 0.1) is 16.7 Å². The van der Waals surface area contributed by atoms with Crippen LogP contribution in [0.1, 0.15) is 33.6 Å². The molecule has 0 radical (unpaired) electrons. The fraction of sp³-hybridized carbons (Fsp3) is 0.667. The van der Waals surface area contributed by atoms with E-state index < -0.39 is 38.9 Å². The molecule has 3 aliphatic rings. The van der Waals surface area contributed by atoms with Crippen LogP contribution in [-0.4, -0.2) is 26.0 Å². The summed E-state index contributed by atoms with van der Waals surface area (Å²) in [5.41, 5.74) is -6.82. The Balaban J connectivity index is 2.12. The molecule has 0 aromatic heterocycles. The molecule has 0 spiro atoms. The zero-order valence-corrected chi connectivity index (χ0v) is 14.1. The number of carbonyl (C=O) groups is 1. The van der Waals surface area contributed by atoms with E-state index in [1.807, 2.05) is 13.8 Å². The highest BCUT2D eigenvalue weighted by Crippen LogP contribution is 2.61. The Labute approximate surface area is 137 Å². The molecule has 1 aliphatic heterocycles. The molecule has 3 rings (SSSR count). The van der Waals surface area contributed by atoms with Gasteiger partial charge in [-0.3, -0.25) is 0 Å². The van der Waals surface area contributed by atoms with Crippen LogP contribution in [0.3, 0.4) is 0 Å². The molecule has 0 aromatic rings. The fourth-order valence-electron chi connectivity index (χ4n) is 4.20. The fourth-order valence-corrected chi connectivity index (χ4v) is 4.67. The molecule has 0 amide bonds. The maximum atomic E-state index is 12.6. The molecule has 2 fully saturated rings. The summed E-state index contributed by atoms with van der Waals surface area (Å²) in [6.45, 7) is 5.72. The first-order valence-corrected chi connectivity index (χ1v) is 8.86. The molecule has 5 nitrogen and oxygen atoms in total. The monoisotopic (exact) mass is 366 g/mol. The third-order valence-corrected chi connectivity index (χ3v) is 6.34. The van der Waals surface area contributed by atoms with Gasteiger partial charge >= 0.3 is 21.6 Å². The quantitative estimate of drug-likeness (QED) is 0.427. The van der Waals surface area contributed by atoms with Crippen molar-refractivity contribution in [2.75, 3.05) is 0 Å². The number of hydrogen-bond acceptors (Lipinski definition) is 5. The van der Waals surface area contributed by atoms with E-state index in [-0.39, 0.29) is 16.9 Å². The average Bonchev–Trinajstić information content (AvgIpc) is 2.66. The predicted molar refractivity (Wildman–Crippen MR) is 76.7 cm³/mol. The lowest BCUT2D eigenvalue weighted by atomic mass is 9.52. The van der Waals surface area contributed by atoms with Gasteiger partial charge in [-0.1, -0.05) is 26.8 Å². The highest BCUT2D eigenvalue weighted by Gasteiger charge is 2.63. The normalized spacial score (nSPS) is 34.8. The number of rotatable bonds is 2. The lowest BCUT2D eigenvalue weighted by molar-refractivity contribution is -0.142. The average molecular weight is 366 g/mol. The largest absolute Gasteiger partial charge is 0.534 e. The molecular weight excluding hydrogens is 349 g/mol. The molecule has 1 heterocycles. The second-order valence-corrected chi connectivity index (χ2v) is 8.80. The second kappa shape index (κ2) is 4.77. The molecule has 0 aromatic carbocycles. The van der Waals surface area contributed by atoms with E-state index in [0.717, 1.165) is 12.5 Å². The first kappa shape index (κ1) is 17.3. The van der Waals surface area contributed by atoms with E-state index >= 15 is 0 Å². The second-order valence-electron chi connectivity index (χ2n) is 7.26. The first-order valence-electron chi connectivity index (χ1n) is 7.45. The van der Waals surface area contributed by atoms with Gasteiger partial charge < -0.3 is 8.92 Å². The summed E-state index contributed by atoms with van der Waals surface area (Å²) >= 11 is 0. The van der Waals surface area contributed by atoms with Crippen molar-refractivity contribution in [3.8, 4) is 0 Å². The summed E-state index contributed by atoms with van der Waals surface area (Å²) in [5, 5.41) is 0. The highest BCUT2D eigenvalue weighted by molar-refractivity contribution is 7.87. The van der Waals surface area contributed by atoms with Gasteiger partial charge in [-0.25, -0.2) is 4.79 Å². The third kappa shape index (κ3) is 2.20. The van der Waals surface area contributed by atoms with E-state index in [9.17, 15) is 26.4 Å². The SMILES string of the molecule is CC1(C)CC[C@@H]2OC(=O)C3=C(OS(=O)(=O)C(F)(F)F)C=C[C@@H]1[C@@]32C. The zero-order chi connectivity index (χ0) is 18.1. The topological polar surface area (TPSA) is 69.7 Å². The van der Waals surface area contributed by atoms with Crippen LogP contribution in [-0.2, 0) is 23.8 Å². The van der Waals surface area contributed by atoms with Crippen molar-refractivity contribution < 1.29 is 35.3 Å². The lowest BCUT2D eigenvalue weighted by Crippen LogP contribution is -2.49. The van der Waals surface area contributed by atoms with Crippen molar-refractivity contribution in [1.29, 1.82) is 0 Å². The molecule has 3 atom stereocenters. The van der Waals surface area contributed by atoms with Gasteiger partial charge in [-0.2, -0.15) is 21.6 Å². The summed E-state index contributed by atoms with van der Waals surface area (Å²) in [6, 6.07) is 0. The van der Waals surface area contributed by atoms with Crippen LogP contribution in [0.4, 0.5) is 13.2 Å². The number of carbonyl (C=O) groups excluding carboxylic acids is 1. The molecule has 0 unspecified atom stereocenters. The minimum Gasteiger partial charge on any atom is -0.458 e. The maximum Gasteiger partial charge on any atom is 0.534 e. The van der Waals surface area contributed by atoms with Gasteiger partial charge in [0.05, 0.1) is 5.57 Å². The number of alkyl halides is 3. The summed E-state index contributed by atoms with van der Waals surface area (Å²) in [5.74, 6) is -1.59. The molecule has 1 saturated heterocycles. The van der Waals surface area contributed by atoms with E-state index in [4.69, 9.17) is 4.74 Å². The minimum atomic E-state index is -5.86. The van der Waals surface area contributed by atoms with Crippen LogP contribution in [0.5, 0.6) is 0 Å². The highest BCUT2D eigenvalue weighted by atomic mass is 32.2. The van der Waals surface area contributed by atoms with Crippen molar-refractivity contribution in [2.24, 2.45) is 16.7 Å². The van der Waals surface area contributed by atoms with Crippen molar-refractivity contribution in [3.05, 3.63) is 23.5 Å². The van der Waals surface area contributed by atoms with E-state index in [0.29, 0.717) is 6.42 Å². The van der Waals surface area contributed by atoms with Crippen molar-refractivity contribution in [1.82, 2.24) is 0 Å². The number of ether oxygens (including phenoxy) is 1. The van der Waals surface area contributed by atoms with Gasteiger partial charge in [0.25, 0.3) is 0 Å². The Hall–Kier alpha value is -1.51. The van der Waals surface area contributed by atoms with E-state index in [1.54, 1.807) is 13.0 Å². The Kier molecular flexibility index (Phi) is 3.44. The zero-order valence-electron chi connectivity index (χ0n) is 13.3. The van der Waals surface area contributed by atoms with Gasteiger partial charge in [0.2, 0.25) is 0 Å². The van der Waals surface area contributed by atoms with Crippen molar-refractivity contribution >= 4 is 16.1 Å². The summed E-state index contributed by atoms with van der Waals surface area (Å²) in [4.78, 5) is 12.2. The van der Waals surface area contributed by atoms with Gasteiger partial charge in [-0.05, 0) is 30.3 Å². The third-order valence-electron chi connectivity index (χ3n) is 5.37. The predicted octanol–water partition coefficient (Wildman–Crippen LogP) is 3.04. The standard InChI is InChI=1S/C15H17F3O5S/c1-13(2)7-6-10-14(3)9(13)5-4-8(11(14)12(19)22-10)23-24(20,21)15(16,17)18/h4-5,9-10H,6-7H2,1-3H3/t9-,10-,14+/m0/s1. The van der Waals surface area contributed by atoms with Crippen LogP contribution >= 0.6 is 0 Å². The van der Waals surface area contributed by atoms with Gasteiger partial charge in [0, 0.05) is 5.41 Å². The molecule has 0 N–H and O–H groups in total. The van der Waals surface area contributed by atoms with E-state index in [2.05, 4.69) is 4.18 Å². The Morgan fingerprint density at radius 1 is 1.29 bits per heavy atom. The van der Waals surface area contributed by atoms with Crippen LogP contribution < -0.4 is 0 Å². The minimum absolute atomic E-state index is 0.124. The maximum absolute atomic E-state index is 12.6. The van der Waals surface area contributed by atoms with Crippen LogP contribution in [0.15, 0.2) is 23.5 Å². The smallest absolute Gasteiger partial charge is 0.458 e. The number of allylic oxidation sites excluding steroid dienone is 2. The van der Waals surface area contributed by atoms with Gasteiger partial charge in [0.15, 0.2) is 5.76 Å². The van der Waals surface area contributed by atoms with Crippen LogP contribution in [0.2, 0.25) is 0 Å². The molecule has 1 saturated carbocycles. The first-order chi connectivity index (χ1) is 10.8. The van der Waals surface area contributed by atoms with Crippen LogP contribution in [0.25, 0.3) is 0 Å². The molecule has 2 aliphatic carbocycles. The number of halogens is 3. The van der Waals surface area contributed by atoms with Gasteiger partial charge in [-0.15, -0.1) is 0 Å². The summed E-state index contributed by atoms with van der Waals surface area (Å²) in [6.07, 6.45) is 3.60. The Morgan fingerprint density at radius 2 is 1.92 bits per heavy atom. The summed E-state index contributed by atoms with van der Waals surface area (Å²) in [7, 11) is -5.86. The Morgan fingerprint density at radius 3 is 2.50 bits per heavy atom. The number of esters is 1. The Bertz CT molecular complexity index is 762. The summed E-state index contributed by atoms with van der Waals surface area (Å²) < 4.78 is 70.0. The molecule has 24 heavy (non-hydrogen) atoms. The lowest BCUT2D eigenvalue weighted by Gasteiger charge is -2.50. The molecular formula is C15H17F3O5S. The molecule has 134 valence electrons.